The van der Waals surface area contributed by atoms with Gasteiger partial charge >= 0.3 is 0 Å². The SMILES string of the molecule is Cc1ccsc1-c1nc(Cl)c2c(Cl)cccc2n1. The van der Waals surface area contributed by atoms with Crippen LogP contribution < -0.4 is 0 Å². The number of hydrogen-bond acceptors (Lipinski definition) is 3. The van der Waals surface area contributed by atoms with E-state index >= 15 is 0 Å². The van der Waals surface area contributed by atoms with Crippen molar-refractivity contribution in [2.24, 2.45) is 0 Å². The Kier molecular flexibility index (Phi) is 2.98. The molecule has 0 aliphatic heterocycles. The summed E-state index contributed by atoms with van der Waals surface area (Å²) in [5.41, 5.74) is 1.92. The van der Waals surface area contributed by atoms with Crippen molar-refractivity contribution in [1.29, 1.82) is 0 Å². The molecule has 0 saturated heterocycles. The molecular weight excluding hydrogens is 287 g/mol. The molecule has 0 radical (unpaired) electrons. The molecule has 0 aliphatic carbocycles. The molecule has 3 rings (SSSR count). The highest BCUT2D eigenvalue weighted by atomic mass is 35.5. The quantitative estimate of drug-likeness (QED) is 0.592. The van der Waals surface area contributed by atoms with Crippen molar-refractivity contribution in [1.82, 2.24) is 9.97 Å². The number of halogens is 2. The van der Waals surface area contributed by atoms with Gasteiger partial charge in [-0.2, -0.15) is 0 Å². The third-order valence-electron chi connectivity index (χ3n) is 2.69. The number of thiophene rings is 1. The molecule has 0 fully saturated rings. The highest BCUT2D eigenvalue weighted by Gasteiger charge is 2.12. The maximum atomic E-state index is 6.21. The largest absolute Gasteiger partial charge is 0.227 e. The number of nitrogens with zero attached hydrogens (tertiary/aromatic N) is 2. The monoisotopic (exact) mass is 294 g/mol. The lowest BCUT2D eigenvalue weighted by atomic mass is 10.2. The van der Waals surface area contributed by atoms with Crippen molar-refractivity contribution in [2.75, 3.05) is 0 Å². The highest BCUT2D eigenvalue weighted by Crippen LogP contribution is 2.32. The van der Waals surface area contributed by atoms with E-state index in [4.69, 9.17) is 23.2 Å². The first-order chi connectivity index (χ1) is 8.66. The number of fused-ring (bicyclic) bond motifs is 1. The molecule has 0 N–H and O–H groups in total. The van der Waals surface area contributed by atoms with Gasteiger partial charge < -0.3 is 0 Å². The number of aromatic nitrogens is 2. The summed E-state index contributed by atoms with van der Waals surface area (Å²) in [6.45, 7) is 2.03. The molecule has 90 valence electrons. The molecule has 0 bridgehead atoms. The smallest absolute Gasteiger partial charge is 0.171 e. The predicted molar refractivity (Wildman–Crippen MR) is 77.6 cm³/mol. The summed E-state index contributed by atoms with van der Waals surface area (Å²) in [4.78, 5) is 9.92. The van der Waals surface area contributed by atoms with E-state index in [0.717, 1.165) is 16.0 Å². The second-order valence-corrected chi connectivity index (χ2v) is 5.59. The maximum absolute atomic E-state index is 6.21. The minimum atomic E-state index is 0.397. The van der Waals surface area contributed by atoms with Crippen molar-refractivity contribution in [3.8, 4) is 10.7 Å². The van der Waals surface area contributed by atoms with E-state index < -0.39 is 0 Å². The van der Waals surface area contributed by atoms with Gasteiger partial charge in [0, 0.05) is 0 Å². The lowest BCUT2D eigenvalue weighted by molar-refractivity contribution is 1.23. The Morgan fingerprint density at radius 1 is 1.11 bits per heavy atom. The standard InChI is InChI=1S/C13H8Cl2N2S/c1-7-5-6-18-11(7)13-16-9-4-2-3-8(14)10(9)12(15)17-13/h2-6H,1H3. The normalized spacial score (nSPS) is 11.1. The van der Waals surface area contributed by atoms with Crippen molar-refractivity contribution >= 4 is 45.4 Å². The van der Waals surface area contributed by atoms with Crippen LogP contribution >= 0.6 is 34.5 Å². The van der Waals surface area contributed by atoms with Crippen LogP contribution in [0.1, 0.15) is 5.56 Å². The fourth-order valence-corrected chi connectivity index (χ4v) is 3.25. The molecule has 3 aromatic rings. The van der Waals surface area contributed by atoms with Gasteiger partial charge in [0.2, 0.25) is 0 Å². The van der Waals surface area contributed by atoms with Crippen LogP contribution in [-0.2, 0) is 0 Å². The fourth-order valence-electron chi connectivity index (χ4n) is 1.80. The molecular formula is C13H8Cl2N2S. The van der Waals surface area contributed by atoms with Gasteiger partial charge in [-0.05, 0) is 36.1 Å². The topological polar surface area (TPSA) is 25.8 Å². The molecule has 2 heterocycles. The molecule has 2 nitrogen and oxygen atoms in total. The Bertz CT molecular complexity index is 737. The second kappa shape index (κ2) is 4.50. The Hall–Kier alpha value is -1.16. The third-order valence-corrected chi connectivity index (χ3v) is 4.29. The zero-order valence-corrected chi connectivity index (χ0v) is 11.8. The minimum absolute atomic E-state index is 0.397. The van der Waals surface area contributed by atoms with E-state index in [-0.39, 0.29) is 0 Å². The van der Waals surface area contributed by atoms with E-state index in [0.29, 0.717) is 21.4 Å². The summed E-state index contributed by atoms with van der Waals surface area (Å²) in [5, 5.41) is 3.70. The van der Waals surface area contributed by atoms with E-state index in [1.807, 2.05) is 30.5 Å². The summed E-state index contributed by atoms with van der Waals surface area (Å²) in [6, 6.07) is 7.58. The van der Waals surface area contributed by atoms with Gasteiger partial charge in [0.15, 0.2) is 5.82 Å². The molecule has 2 aromatic heterocycles. The number of rotatable bonds is 1. The highest BCUT2D eigenvalue weighted by molar-refractivity contribution is 7.13. The maximum Gasteiger partial charge on any atom is 0.171 e. The van der Waals surface area contributed by atoms with Gasteiger partial charge in [-0.3, -0.25) is 0 Å². The zero-order valence-electron chi connectivity index (χ0n) is 9.45. The van der Waals surface area contributed by atoms with Crippen LogP contribution in [0.3, 0.4) is 0 Å². The molecule has 0 amide bonds. The van der Waals surface area contributed by atoms with E-state index in [9.17, 15) is 0 Å². The van der Waals surface area contributed by atoms with Crippen molar-refractivity contribution < 1.29 is 0 Å². The second-order valence-electron chi connectivity index (χ2n) is 3.90. The van der Waals surface area contributed by atoms with E-state index in [1.165, 1.54) is 0 Å². The van der Waals surface area contributed by atoms with Crippen LogP contribution in [0, 0.1) is 6.92 Å². The average molecular weight is 295 g/mol. The zero-order chi connectivity index (χ0) is 12.7. The predicted octanol–water partition coefficient (Wildman–Crippen LogP) is 4.97. The first kappa shape index (κ1) is 11.9. The summed E-state index contributed by atoms with van der Waals surface area (Å²) in [5.74, 6) is 0.655. The Morgan fingerprint density at radius 2 is 1.94 bits per heavy atom. The van der Waals surface area contributed by atoms with Crippen LogP contribution in [0.15, 0.2) is 29.6 Å². The summed E-state index contributed by atoms with van der Waals surface area (Å²) < 4.78 is 0. The van der Waals surface area contributed by atoms with Crippen molar-refractivity contribution in [2.45, 2.75) is 6.92 Å². The minimum Gasteiger partial charge on any atom is -0.227 e. The van der Waals surface area contributed by atoms with E-state index in [1.54, 1.807) is 17.4 Å². The summed E-state index contributed by atoms with van der Waals surface area (Å²) in [7, 11) is 0. The first-order valence-electron chi connectivity index (χ1n) is 5.33. The van der Waals surface area contributed by atoms with E-state index in [2.05, 4.69) is 9.97 Å². The molecule has 0 atom stereocenters. The molecule has 0 spiro atoms. The summed E-state index contributed by atoms with van der Waals surface area (Å²) >= 11 is 13.9. The molecule has 5 heteroatoms. The molecule has 18 heavy (non-hydrogen) atoms. The molecule has 0 aliphatic rings. The van der Waals surface area contributed by atoms with Crippen LogP contribution in [0.25, 0.3) is 21.6 Å². The average Bonchev–Trinajstić information content (AvgIpc) is 2.75. The number of aryl methyl sites for hydroxylation is 1. The Morgan fingerprint density at radius 3 is 2.67 bits per heavy atom. The van der Waals surface area contributed by atoms with Gasteiger partial charge in [0.05, 0.1) is 20.8 Å². The van der Waals surface area contributed by atoms with Crippen LogP contribution in [0.2, 0.25) is 10.2 Å². The van der Waals surface area contributed by atoms with Crippen molar-refractivity contribution in [3.63, 3.8) is 0 Å². The number of hydrogen-bond donors (Lipinski definition) is 0. The lowest BCUT2D eigenvalue weighted by Gasteiger charge is -2.05. The van der Waals surface area contributed by atoms with Gasteiger partial charge in [0.25, 0.3) is 0 Å². The van der Waals surface area contributed by atoms with Crippen LogP contribution in [0.5, 0.6) is 0 Å². The fraction of sp³-hybridized carbons (Fsp3) is 0.0769. The number of benzene rings is 1. The Labute approximate surface area is 118 Å². The molecule has 1 aromatic carbocycles. The van der Waals surface area contributed by atoms with Gasteiger partial charge in [-0.25, -0.2) is 9.97 Å². The Balaban J connectivity index is 2.32. The molecule has 0 saturated carbocycles. The van der Waals surface area contributed by atoms with Gasteiger partial charge in [-0.15, -0.1) is 11.3 Å². The third kappa shape index (κ3) is 1.88. The molecule has 0 unspecified atom stereocenters. The van der Waals surface area contributed by atoms with Crippen molar-refractivity contribution in [3.05, 3.63) is 45.4 Å². The first-order valence-corrected chi connectivity index (χ1v) is 6.96. The van der Waals surface area contributed by atoms with Crippen LogP contribution in [0.4, 0.5) is 0 Å². The lowest BCUT2D eigenvalue weighted by Crippen LogP contribution is -1.91. The summed E-state index contributed by atoms with van der Waals surface area (Å²) in [6.07, 6.45) is 0. The van der Waals surface area contributed by atoms with Gasteiger partial charge in [-0.1, -0.05) is 29.3 Å². The van der Waals surface area contributed by atoms with Gasteiger partial charge in [0.1, 0.15) is 5.15 Å². The van der Waals surface area contributed by atoms with Crippen LogP contribution in [-0.4, -0.2) is 9.97 Å².